The van der Waals surface area contributed by atoms with Crippen molar-refractivity contribution in [2.45, 2.75) is 32.7 Å². The van der Waals surface area contributed by atoms with E-state index in [0.29, 0.717) is 6.54 Å². The number of phenols is 1. The van der Waals surface area contributed by atoms with Gasteiger partial charge in [-0.15, -0.1) is 24.0 Å². The smallest absolute Gasteiger partial charge is 0.191 e. The molecule has 0 amide bonds. The van der Waals surface area contributed by atoms with Crippen molar-refractivity contribution in [2.75, 3.05) is 13.1 Å². The molecule has 5 heteroatoms. The Morgan fingerprint density at radius 1 is 1.00 bits per heavy atom. The molecule has 0 heterocycles. The SMILES string of the molecule is CCNC(=NCc1ccc(O)cc1)NCC(C)(C)c1ccccc1.I. The third-order valence-electron chi connectivity index (χ3n) is 3.95. The van der Waals surface area contributed by atoms with Gasteiger partial charge in [0.05, 0.1) is 6.54 Å². The van der Waals surface area contributed by atoms with Crippen LogP contribution in [0.1, 0.15) is 31.9 Å². The number of aromatic hydroxyl groups is 1. The molecule has 0 saturated heterocycles. The minimum atomic E-state index is 0. The van der Waals surface area contributed by atoms with Gasteiger partial charge in [0, 0.05) is 18.5 Å². The molecule has 0 atom stereocenters. The highest BCUT2D eigenvalue weighted by Crippen LogP contribution is 2.21. The van der Waals surface area contributed by atoms with E-state index in [2.05, 4.69) is 60.7 Å². The van der Waals surface area contributed by atoms with Crippen LogP contribution in [0.15, 0.2) is 59.6 Å². The normalized spacial score (nSPS) is 11.6. The monoisotopic (exact) mass is 453 g/mol. The second-order valence-corrected chi connectivity index (χ2v) is 6.47. The first kappa shape index (κ1) is 21.3. The predicted molar refractivity (Wildman–Crippen MR) is 116 cm³/mol. The summed E-state index contributed by atoms with van der Waals surface area (Å²) >= 11 is 0. The van der Waals surface area contributed by atoms with Gasteiger partial charge in [0.15, 0.2) is 5.96 Å². The molecule has 0 bridgehead atoms. The zero-order chi connectivity index (χ0) is 17.4. The Bertz CT molecular complexity index is 654. The lowest BCUT2D eigenvalue weighted by Crippen LogP contribution is -2.43. The third kappa shape index (κ3) is 6.94. The minimum absolute atomic E-state index is 0. The molecule has 0 aliphatic carbocycles. The molecular weight excluding hydrogens is 425 g/mol. The van der Waals surface area contributed by atoms with Crippen molar-refractivity contribution in [3.63, 3.8) is 0 Å². The summed E-state index contributed by atoms with van der Waals surface area (Å²) < 4.78 is 0. The van der Waals surface area contributed by atoms with E-state index < -0.39 is 0 Å². The average molecular weight is 453 g/mol. The van der Waals surface area contributed by atoms with Crippen LogP contribution in [0.5, 0.6) is 5.75 Å². The Balaban J connectivity index is 0.00000312. The molecule has 0 spiro atoms. The van der Waals surface area contributed by atoms with Gasteiger partial charge < -0.3 is 15.7 Å². The van der Waals surface area contributed by atoms with E-state index in [1.54, 1.807) is 12.1 Å². The number of rotatable bonds is 6. The summed E-state index contributed by atoms with van der Waals surface area (Å²) in [4.78, 5) is 4.62. The van der Waals surface area contributed by atoms with E-state index in [9.17, 15) is 5.11 Å². The topological polar surface area (TPSA) is 56.7 Å². The van der Waals surface area contributed by atoms with Crippen molar-refractivity contribution in [3.05, 3.63) is 65.7 Å². The maximum absolute atomic E-state index is 9.34. The summed E-state index contributed by atoms with van der Waals surface area (Å²) in [5, 5.41) is 16.0. The molecule has 0 unspecified atom stereocenters. The van der Waals surface area contributed by atoms with Crippen LogP contribution < -0.4 is 10.6 Å². The molecule has 3 N–H and O–H groups in total. The van der Waals surface area contributed by atoms with Crippen LogP contribution in [-0.2, 0) is 12.0 Å². The average Bonchev–Trinajstić information content (AvgIpc) is 2.59. The van der Waals surface area contributed by atoms with Crippen molar-refractivity contribution in [2.24, 2.45) is 4.99 Å². The highest BCUT2D eigenvalue weighted by molar-refractivity contribution is 14.0. The molecule has 0 aromatic heterocycles. The zero-order valence-electron chi connectivity index (χ0n) is 15.1. The van der Waals surface area contributed by atoms with Gasteiger partial charge in [-0.25, -0.2) is 4.99 Å². The number of hydrogen-bond acceptors (Lipinski definition) is 2. The van der Waals surface area contributed by atoms with Crippen molar-refractivity contribution in [1.82, 2.24) is 10.6 Å². The zero-order valence-corrected chi connectivity index (χ0v) is 17.5. The summed E-state index contributed by atoms with van der Waals surface area (Å²) in [5.74, 6) is 1.08. The minimum Gasteiger partial charge on any atom is -0.508 e. The van der Waals surface area contributed by atoms with Crippen molar-refractivity contribution in [3.8, 4) is 5.75 Å². The number of guanidine groups is 1. The van der Waals surface area contributed by atoms with Crippen LogP contribution in [-0.4, -0.2) is 24.2 Å². The molecule has 0 saturated carbocycles. The lowest BCUT2D eigenvalue weighted by molar-refractivity contribution is 0.475. The van der Waals surface area contributed by atoms with E-state index in [-0.39, 0.29) is 35.1 Å². The molecule has 4 nitrogen and oxygen atoms in total. The highest BCUT2D eigenvalue weighted by Gasteiger charge is 2.20. The van der Waals surface area contributed by atoms with Crippen molar-refractivity contribution >= 4 is 29.9 Å². The molecule has 25 heavy (non-hydrogen) atoms. The van der Waals surface area contributed by atoms with Crippen LogP contribution in [0, 0.1) is 0 Å². The van der Waals surface area contributed by atoms with E-state index in [4.69, 9.17) is 0 Å². The van der Waals surface area contributed by atoms with Gasteiger partial charge in [0.25, 0.3) is 0 Å². The largest absolute Gasteiger partial charge is 0.508 e. The lowest BCUT2D eigenvalue weighted by atomic mass is 9.85. The maximum Gasteiger partial charge on any atom is 0.191 e. The summed E-state index contributed by atoms with van der Waals surface area (Å²) in [6.07, 6.45) is 0. The molecule has 2 aromatic carbocycles. The fourth-order valence-electron chi connectivity index (χ4n) is 2.41. The molecule has 0 radical (unpaired) electrons. The second kappa shape index (κ2) is 10.3. The molecule has 0 fully saturated rings. The van der Waals surface area contributed by atoms with Gasteiger partial charge in [-0.1, -0.05) is 56.3 Å². The predicted octanol–water partition coefficient (Wildman–Crippen LogP) is 4.04. The number of aliphatic imine (C=N–C) groups is 1. The van der Waals surface area contributed by atoms with Crippen LogP contribution in [0.3, 0.4) is 0 Å². The van der Waals surface area contributed by atoms with E-state index in [1.165, 1.54) is 5.56 Å². The standard InChI is InChI=1S/C20H27N3O.HI/c1-4-21-19(22-14-16-10-12-18(24)13-11-16)23-15-20(2,3)17-8-6-5-7-9-17;/h5-13,24H,4,14-15H2,1-3H3,(H2,21,22,23);1H. The number of benzene rings is 2. The van der Waals surface area contributed by atoms with Gasteiger partial charge in [-0.3, -0.25) is 0 Å². The molecule has 0 aliphatic heterocycles. The number of halogens is 1. The Kier molecular flexibility index (Phi) is 8.75. The highest BCUT2D eigenvalue weighted by atomic mass is 127. The van der Waals surface area contributed by atoms with Crippen LogP contribution >= 0.6 is 24.0 Å². The molecular formula is C20H28IN3O. The van der Waals surface area contributed by atoms with Gasteiger partial charge >= 0.3 is 0 Å². The maximum atomic E-state index is 9.34. The third-order valence-corrected chi connectivity index (χ3v) is 3.95. The first-order valence-electron chi connectivity index (χ1n) is 8.37. The summed E-state index contributed by atoms with van der Waals surface area (Å²) in [7, 11) is 0. The number of nitrogens with zero attached hydrogens (tertiary/aromatic N) is 1. The fraction of sp³-hybridized carbons (Fsp3) is 0.350. The van der Waals surface area contributed by atoms with Crippen molar-refractivity contribution < 1.29 is 5.11 Å². The van der Waals surface area contributed by atoms with E-state index in [0.717, 1.165) is 24.6 Å². The first-order chi connectivity index (χ1) is 11.5. The van der Waals surface area contributed by atoms with E-state index >= 15 is 0 Å². The fourth-order valence-corrected chi connectivity index (χ4v) is 2.41. The van der Waals surface area contributed by atoms with Crippen LogP contribution in [0.2, 0.25) is 0 Å². The molecule has 2 aromatic rings. The summed E-state index contributed by atoms with van der Waals surface area (Å²) in [6.45, 7) is 8.67. The Labute approximate surface area is 167 Å². The molecule has 2 rings (SSSR count). The van der Waals surface area contributed by atoms with Gasteiger partial charge in [0.1, 0.15) is 5.75 Å². The Morgan fingerprint density at radius 2 is 1.64 bits per heavy atom. The lowest BCUT2D eigenvalue weighted by Gasteiger charge is -2.26. The Hall–Kier alpha value is -1.76. The van der Waals surface area contributed by atoms with Crippen molar-refractivity contribution in [1.29, 1.82) is 0 Å². The number of hydrogen-bond donors (Lipinski definition) is 3. The summed E-state index contributed by atoms with van der Waals surface area (Å²) in [6, 6.07) is 17.6. The van der Waals surface area contributed by atoms with Crippen LogP contribution in [0.4, 0.5) is 0 Å². The number of phenolic OH excluding ortho intramolecular Hbond substituents is 1. The van der Waals surface area contributed by atoms with E-state index in [1.807, 2.05) is 18.2 Å². The second-order valence-electron chi connectivity index (χ2n) is 6.47. The van der Waals surface area contributed by atoms with Gasteiger partial charge in [0.2, 0.25) is 0 Å². The first-order valence-corrected chi connectivity index (χ1v) is 8.37. The summed E-state index contributed by atoms with van der Waals surface area (Å²) in [5.41, 5.74) is 2.37. The Morgan fingerprint density at radius 3 is 2.24 bits per heavy atom. The van der Waals surface area contributed by atoms with Crippen LogP contribution in [0.25, 0.3) is 0 Å². The van der Waals surface area contributed by atoms with Gasteiger partial charge in [-0.05, 0) is 30.2 Å². The molecule has 0 aliphatic rings. The number of nitrogens with one attached hydrogen (secondary N) is 2. The molecule has 136 valence electrons. The van der Waals surface area contributed by atoms with Gasteiger partial charge in [-0.2, -0.15) is 0 Å². The quantitative estimate of drug-likeness (QED) is 0.352.